The van der Waals surface area contributed by atoms with Gasteiger partial charge < -0.3 is 9.84 Å². The summed E-state index contributed by atoms with van der Waals surface area (Å²) in [4.78, 5) is 7.28. The molecule has 5 saturated heterocycles. The Morgan fingerprint density at radius 1 is 1.38 bits per heavy atom. The van der Waals surface area contributed by atoms with Crippen LogP contribution in [0.15, 0.2) is 24.3 Å². The van der Waals surface area contributed by atoms with Crippen LogP contribution in [-0.4, -0.2) is 39.7 Å². The predicted molar refractivity (Wildman–Crippen MR) is 93.1 cm³/mol. The first-order chi connectivity index (χ1) is 11.6. The zero-order valence-electron chi connectivity index (χ0n) is 14.3. The van der Waals surface area contributed by atoms with Crippen LogP contribution in [0.3, 0.4) is 0 Å². The molecule has 5 aliphatic rings. The van der Waals surface area contributed by atoms with E-state index in [2.05, 4.69) is 22.9 Å². The van der Waals surface area contributed by atoms with Gasteiger partial charge in [-0.3, -0.25) is 9.88 Å². The SMILES string of the molecule is CCC12CN3CCC1CC3C(c1cc(C)nc3ccc(O)cc13)O2. The van der Waals surface area contributed by atoms with Crippen LogP contribution in [-0.2, 0) is 4.74 Å². The molecule has 0 spiro atoms. The van der Waals surface area contributed by atoms with Crippen molar-refractivity contribution >= 4 is 10.9 Å². The zero-order valence-corrected chi connectivity index (χ0v) is 14.3. The lowest BCUT2D eigenvalue weighted by Crippen LogP contribution is -2.70. The molecule has 5 atom stereocenters. The van der Waals surface area contributed by atoms with Crippen molar-refractivity contribution in [3.8, 4) is 5.75 Å². The molecular weight excluding hydrogens is 300 g/mol. The first-order valence-corrected chi connectivity index (χ1v) is 9.12. The molecule has 0 saturated carbocycles. The lowest BCUT2D eigenvalue weighted by molar-refractivity contribution is -0.274. The second kappa shape index (κ2) is 4.93. The molecular formula is C20H24N2O2. The number of fused-ring (bicyclic) bond motifs is 3. The summed E-state index contributed by atoms with van der Waals surface area (Å²) in [6, 6.07) is 8.08. The third kappa shape index (κ3) is 1.90. The maximum absolute atomic E-state index is 9.98. The first kappa shape index (κ1) is 14.7. The number of piperidine rings is 3. The maximum Gasteiger partial charge on any atom is 0.116 e. The van der Waals surface area contributed by atoms with Gasteiger partial charge in [-0.05, 0) is 68.5 Å². The standard InChI is InChI=1S/C20H24N2O2/c1-3-20-11-22-7-6-13(20)9-18(22)19(24-20)16-8-12(2)21-17-5-4-14(23)10-15(16)17/h4-5,8,10,13,18-19,23H,3,6-7,9,11H2,1-2H3. The van der Waals surface area contributed by atoms with Gasteiger partial charge in [0.2, 0.25) is 0 Å². The average Bonchev–Trinajstić information content (AvgIpc) is 2.61. The Kier molecular flexibility index (Phi) is 3.01. The third-order valence-electron chi connectivity index (χ3n) is 6.54. The van der Waals surface area contributed by atoms with Gasteiger partial charge in [-0.25, -0.2) is 0 Å². The molecule has 4 nitrogen and oxygen atoms in total. The summed E-state index contributed by atoms with van der Waals surface area (Å²) in [7, 11) is 0. The van der Waals surface area contributed by atoms with Crippen LogP contribution in [0.5, 0.6) is 5.75 Å². The molecule has 0 aliphatic carbocycles. The summed E-state index contributed by atoms with van der Waals surface area (Å²) in [5.41, 5.74) is 3.16. The Balaban J connectivity index is 1.67. The van der Waals surface area contributed by atoms with E-state index in [4.69, 9.17) is 4.74 Å². The Morgan fingerprint density at radius 2 is 2.25 bits per heavy atom. The van der Waals surface area contributed by atoms with Crippen molar-refractivity contribution in [3.63, 3.8) is 0 Å². The van der Waals surface area contributed by atoms with Crippen molar-refractivity contribution in [3.05, 3.63) is 35.5 Å². The van der Waals surface area contributed by atoms with Crippen LogP contribution in [0.2, 0.25) is 0 Å². The van der Waals surface area contributed by atoms with Gasteiger partial charge in [0.15, 0.2) is 0 Å². The highest BCUT2D eigenvalue weighted by molar-refractivity contribution is 5.84. The Hall–Kier alpha value is -1.65. The first-order valence-electron chi connectivity index (χ1n) is 9.12. The topological polar surface area (TPSA) is 45.6 Å². The molecule has 7 rings (SSSR count). The molecule has 5 fully saturated rings. The molecule has 4 bridgehead atoms. The Labute approximate surface area is 142 Å². The summed E-state index contributed by atoms with van der Waals surface area (Å²) in [5, 5.41) is 11.0. The van der Waals surface area contributed by atoms with E-state index in [1.165, 1.54) is 24.9 Å². The van der Waals surface area contributed by atoms with E-state index in [9.17, 15) is 5.11 Å². The molecule has 24 heavy (non-hydrogen) atoms. The second-order valence-electron chi connectivity index (χ2n) is 7.77. The number of phenolic OH excluding ortho intramolecular Hbond substituents is 1. The summed E-state index contributed by atoms with van der Waals surface area (Å²) in [6.07, 6.45) is 3.67. The number of benzene rings is 1. The van der Waals surface area contributed by atoms with Crippen molar-refractivity contribution in [1.29, 1.82) is 0 Å². The van der Waals surface area contributed by atoms with E-state index in [0.717, 1.165) is 29.6 Å². The molecule has 1 N–H and O–H groups in total. The number of hydrogen-bond acceptors (Lipinski definition) is 4. The van der Waals surface area contributed by atoms with Crippen LogP contribution in [0.4, 0.5) is 0 Å². The van der Waals surface area contributed by atoms with E-state index in [1.807, 2.05) is 19.1 Å². The minimum absolute atomic E-state index is 0.0119. The highest BCUT2D eigenvalue weighted by Gasteiger charge is 2.58. The van der Waals surface area contributed by atoms with Gasteiger partial charge in [-0.1, -0.05) is 6.92 Å². The molecule has 1 aromatic heterocycles. The Bertz CT molecular complexity index is 821. The fourth-order valence-electron chi connectivity index (χ4n) is 5.34. The van der Waals surface area contributed by atoms with Crippen molar-refractivity contribution < 1.29 is 9.84 Å². The monoisotopic (exact) mass is 324 g/mol. The molecule has 126 valence electrons. The van der Waals surface area contributed by atoms with Crippen molar-refractivity contribution in [1.82, 2.24) is 9.88 Å². The number of nitrogens with zero attached hydrogens (tertiary/aromatic N) is 2. The lowest BCUT2D eigenvalue weighted by Gasteiger charge is -2.64. The number of ether oxygens (including phenoxy) is 1. The van der Waals surface area contributed by atoms with Gasteiger partial charge in [0, 0.05) is 23.7 Å². The normalized spacial score (nSPS) is 37.2. The number of hydrogen-bond donors (Lipinski definition) is 1. The lowest BCUT2D eigenvalue weighted by atomic mass is 9.66. The van der Waals surface area contributed by atoms with E-state index >= 15 is 0 Å². The van der Waals surface area contributed by atoms with Crippen LogP contribution in [0.25, 0.3) is 10.9 Å². The molecule has 4 heteroatoms. The Morgan fingerprint density at radius 3 is 3.00 bits per heavy atom. The average molecular weight is 324 g/mol. The van der Waals surface area contributed by atoms with Crippen molar-refractivity contribution in [2.45, 2.75) is 50.9 Å². The molecule has 6 heterocycles. The molecule has 5 unspecified atom stereocenters. The van der Waals surface area contributed by atoms with Crippen LogP contribution in [0, 0.1) is 12.8 Å². The summed E-state index contributed by atoms with van der Waals surface area (Å²) in [5.74, 6) is 0.999. The smallest absolute Gasteiger partial charge is 0.116 e. The molecule has 1 aromatic carbocycles. The summed E-state index contributed by atoms with van der Waals surface area (Å²) in [6.45, 7) is 6.59. The van der Waals surface area contributed by atoms with Crippen molar-refractivity contribution in [2.24, 2.45) is 5.92 Å². The predicted octanol–water partition coefficient (Wildman–Crippen LogP) is 3.56. The summed E-state index contributed by atoms with van der Waals surface area (Å²) < 4.78 is 6.79. The zero-order chi connectivity index (χ0) is 16.5. The third-order valence-corrected chi connectivity index (χ3v) is 6.54. The van der Waals surface area contributed by atoms with Gasteiger partial charge in [0.1, 0.15) is 5.75 Å². The highest BCUT2D eigenvalue weighted by atomic mass is 16.5. The number of phenols is 1. The number of aromatic nitrogens is 1. The van der Waals surface area contributed by atoms with E-state index < -0.39 is 0 Å². The number of aryl methyl sites for hydroxylation is 1. The van der Waals surface area contributed by atoms with Gasteiger partial charge in [0.05, 0.1) is 17.2 Å². The van der Waals surface area contributed by atoms with Crippen molar-refractivity contribution in [2.75, 3.05) is 13.1 Å². The maximum atomic E-state index is 9.98. The number of rotatable bonds is 2. The van der Waals surface area contributed by atoms with E-state index in [1.54, 1.807) is 6.07 Å². The number of aromatic hydroxyl groups is 1. The van der Waals surface area contributed by atoms with Gasteiger partial charge in [-0.2, -0.15) is 0 Å². The van der Waals surface area contributed by atoms with Gasteiger partial charge in [-0.15, -0.1) is 0 Å². The molecule has 0 amide bonds. The van der Waals surface area contributed by atoms with E-state index in [0.29, 0.717) is 17.7 Å². The second-order valence-corrected chi connectivity index (χ2v) is 7.77. The van der Waals surface area contributed by atoms with Crippen LogP contribution in [0.1, 0.15) is 43.5 Å². The fourth-order valence-corrected chi connectivity index (χ4v) is 5.34. The molecule has 2 aromatic rings. The van der Waals surface area contributed by atoms with Gasteiger partial charge >= 0.3 is 0 Å². The minimum atomic E-state index is 0.0119. The fraction of sp³-hybridized carbons (Fsp3) is 0.550. The molecule has 0 radical (unpaired) electrons. The quantitative estimate of drug-likeness (QED) is 0.917. The highest BCUT2D eigenvalue weighted by Crippen LogP contribution is 2.54. The van der Waals surface area contributed by atoms with E-state index in [-0.39, 0.29) is 11.7 Å². The van der Waals surface area contributed by atoms with Crippen LogP contribution >= 0.6 is 0 Å². The largest absolute Gasteiger partial charge is 0.508 e. The summed E-state index contributed by atoms with van der Waals surface area (Å²) >= 11 is 0. The van der Waals surface area contributed by atoms with Gasteiger partial charge in [0.25, 0.3) is 0 Å². The number of morpholine rings is 1. The minimum Gasteiger partial charge on any atom is -0.508 e. The van der Waals surface area contributed by atoms with Crippen LogP contribution < -0.4 is 0 Å². The number of pyridine rings is 1. The molecule has 5 aliphatic heterocycles.